The Morgan fingerprint density at radius 3 is 2.36 bits per heavy atom. The van der Waals surface area contributed by atoms with Crippen LogP contribution in [-0.4, -0.2) is 10.2 Å². The third-order valence-electron chi connectivity index (χ3n) is 1.97. The van der Waals surface area contributed by atoms with Gasteiger partial charge in [0.1, 0.15) is 0 Å². The lowest BCUT2D eigenvalue weighted by molar-refractivity contribution is 0.525. The molecule has 1 aromatic heterocycles. The number of allylic oxidation sites excluding steroid dienone is 5. The van der Waals surface area contributed by atoms with E-state index in [-0.39, 0.29) is 0 Å². The van der Waals surface area contributed by atoms with E-state index in [1.807, 2.05) is 32.9 Å². The summed E-state index contributed by atoms with van der Waals surface area (Å²) in [6.07, 6.45) is 5.51. The lowest BCUT2D eigenvalue weighted by atomic mass is 10.2. The molecule has 1 heterocycles. The summed E-state index contributed by atoms with van der Waals surface area (Å²) < 4.78 is 5.45. The molecule has 0 atom stereocenters. The van der Waals surface area contributed by atoms with Crippen molar-refractivity contribution in [2.45, 2.75) is 20.8 Å². The SMILES string of the molecule is C=C/C(=C\C)c1nnc(/C(C)=C/C)o1. The Hall–Kier alpha value is -1.64. The van der Waals surface area contributed by atoms with Gasteiger partial charge in [0.2, 0.25) is 11.8 Å². The summed E-state index contributed by atoms with van der Waals surface area (Å²) in [4.78, 5) is 0. The van der Waals surface area contributed by atoms with E-state index < -0.39 is 0 Å². The van der Waals surface area contributed by atoms with Gasteiger partial charge in [-0.15, -0.1) is 10.2 Å². The van der Waals surface area contributed by atoms with E-state index in [1.165, 1.54) is 0 Å². The molecule has 3 nitrogen and oxygen atoms in total. The third kappa shape index (κ3) is 1.99. The van der Waals surface area contributed by atoms with Crippen LogP contribution in [0.5, 0.6) is 0 Å². The fourth-order valence-electron chi connectivity index (χ4n) is 0.951. The van der Waals surface area contributed by atoms with Crippen molar-refractivity contribution >= 4 is 11.1 Å². The average molecular weight is 190 g/mol. The summed E-state index contributed by atoms with van der Waals surface area (Å²) >= 11 is 0. The van der Waals surface area contributed by atoms with E-state index >= 15 is 0 Å². The lowest BCUT2D eigenvalue weighted by Crippen LogP contribution is -1.78. The number of aromatic nitrogens is 2. The molecule has 0 radical (unpaired) electrons. The summed E-state index contributed by atoms with van der Waals surface area (Å²) in [5, 5.41) is 7.86. The molecule has 1 aromatic rings. The number of nitrogens with zero attached hydrogens (tertiary/aromatic N) is 2. The fourth-order valence-corrected chi connectivity index (χ4v) is 0.951. The van der Waals surface area contributed by atoms with E-state index in [9.17, 15) is 0 Å². The normalized spacial score (nSPS) is 13.1. The van der Waals surface area contributed by atoms with Gasteiger partial charge in [-0.1, -0.05) is 24.8 Å². The highest BCUT2D eigenvalue weighted by atomic mass is 16.4. The minimum atomic E-state index is 0.513. The minimum absolute atomic E-state index is 0.513. The van der Waals surface area contributed by atoms with Gasteiger partial charge in [0.25, 0.3) is 0 Å². The van der Waals surface area contributed by atoms with Crippen LogP contribution in [0.15, 0.2) is 29.2 Å². The van der Waals surface area contributed by atoms with Crippen LogP contribution < -0.4 is 0 Å². The van der Waals surface area contributed by atoms with Crippen molar-refractivity contribution in [2.24, 2.45) is 0 Å². The predicted molar refractivity (Wildman–Crippen MR) is 57.5 cm³/mol. The third-order valence-corrected chi connectivity index (χ3v) is 1.97. The molecule has 0 amide bonds. The van der Waals surface area contributed by atoms with Crippen molar-refractivity contribution in [2.75, 3.05) is 0 Å². The molecule has 0 fully saturated rings. The first-order chi connectivity index (χ1) is 6.72. The van der Waals surface area contributed by atoms with Gasteiger partial charge < -0.3 is 4.42 Å². The summed E-state index contributed by atoms with van der Waals surface area (Å²) in [5.41, 5.74) is 1.83. The summed E-state index contributed by atoms with van der Waals surface area (Å²) in [6.45, 7) is 9.44. The highest BCUT2D eigenvalue weighted by Gasteiger charge is 2.08. The molecule has 3 heteroatoms. The van der Waals surface area contributed by atoms with Crippen molar-refractivity contribution < 1.29 is 4.42 Å². The van der Waals surface area contributed by atoms with E-state index in [4.69, 9.17) is 4.42 Å². The van der Waals surface area contributed by atoms with Crippen molar-refractivity contribution in [3.8, 4) is 0 Å². The largest absolute Gasteiger partial charge is 0.417 e. The highest BCUT2D eigenvalue weighted by Crippen LogP contribution is 2.17. The highest BCUT2D eigenvalue weighted by molar-refractivity contribution is 5.67. The molecule has 0 bridgehead atoms. The van der Waals surface area contributed by atoms with Crippen LogP contribution in [0.2, 0.25) is 0 Å². The van der Waals surface area contributed by atoms with Gasteiger partial charge in [-0.25, -0.2) is 0 Å². The van der Waals surface area contributed by atoms with Crippen LogP contribution >= 0.6 is 0 Å². The maximum atomic E-state index is 5.45. The zero-order chi connectivity index (χ0) is 10.6. The van der Waals surface area contributed by atoms with Crippen LogP contribution in [0.4, 0.5) is 0 Å². The topological polar surface area (TPSA) is 38.9 Å². The Bertz CT molecular complexity index is 386. The van der Waals surface area contributed by atoms with Gasteiger partial charge in [0.15, 0.2) is 0 Å². The molecule has 0 unspecified atom stereocenters. The molecule has 74 valence electrons. The Morgan fingerprint density at radius 2 is 1.86 bits per heavy atom. The van der Waals surface area contributed by atoms with Gasteiger partial charge in [0.05, 0.1) is 0 Å². The van der Waals surface area contributed by atoms with E-state index in [0.29, 0.717) is 11.8 Å². The summed E-state index contributed by atoms with van der Waals surface area (Å²) in [7, 11) is 0. The second-order valence-corrected chi connectivity index (χ2v) is 2.83. The molecule has 14 heavy (non-hydrogen) atoms. The molecular formula is C11H14N2O. The molecule has 0 N–H and O–H groups in total. The number of hydrogen-bond donors (Lipinski definition) is 0. The number of hydrogen-bond acceptors (Lipinski definition) is 3. The average Bonchev–Trinajstić information content (AvgIpc) is 2.68. The van der Waals surface area contributed by atoms with Crippen LogP contribution in [0.25, 0.3) is 11.1 Å². The smallest absolute Gasteiger partial charge is 0.247 e. The lowest BCUT2D eigenvalue weighted by Gasteiger charge is -1.92. The second-order valence-electron chi connectivity index (χ2n) is 2.83. The molecule has 0 spiro atoms. The van der Waals surface area contributed by atoms with Gasteiger partial charge in [-0.3, -0.25) is 0 Å². The maximum absolute atomic E-state index is 5.45. The second kappa shape index (κ2) is 4.56. The zero-order valence-electron chi connectivity index (χ0n) is 8.74. The van der Waals surface area contributed by atoms with E-state index in [1.54, 1.807) is 6.08 Å². The molecule has 0 aliphatic heterocycles. The summed E-state index contributed by atoms with van der Waals surface area (Å²) in [5.74, 6) is 1.07. The molecule has 0 aliphatic carbocycles. The first kappa shape index (κ1) is 10.4. The van der Waals surface area contributed by atoms with Gasteiger partial charge in [-0.05, 0) is 20.8 Å². The van der Waals surface area contributed by atoms with Gasteiger partial charge in [0, 0.05) is 11.1 Å². The Kier molecular flexibility index (Phi) is 3.40. The van der Waals surface area contributed by atoms with E-state index in [2.05, 4.69) is 16.8 Å². The molecule has 1 rings (SSSR count). The minimum Gasteiger partial charge on any atom is -0.417 e. The Morgan fingerprint density at radius 1 is 1.21 bits per heavy atom. The van der Waals surface area contributed by atoms with Crippen molar-refractivity contribution in [1.29, 1.82) is 0 Å². The molecule has 0 saturated heterocycles. The maximum Gasteiger partial charge on any atom is 0.247 e. The number of rotatable bonds is 3. The molecule has 0 saturated carbocycles. The first-order valence-electron chi connectivity index (χ1n) is 4.48. The van der Waals surface area contributed by atoms with Crippen molar-refractivity contribution in [1.82, 2.24) is 10.2 Å². The van der Waals surface area contributed by atoms with E-state index in [0.717, 1.165) is 11.1 Å². The van der Waals surface area contributed by atoms with Gasteiger partial charge in [-0.2, -0.15) is 0 Å². The summed E-state index contributed by atoms with van der Waals surface area (Å²) in [6, 6.07) is 0. The van der Waals surface area contributed by atoms with Crippen LogP contribution in [0.1, 0.15) is 32.6 Å². The van der Waals surface area contributed by atoms with Crippen LogP contribution in [0.3, 0.4) is 0 Å². The van der Waals surface area contributed by atoms with Crippen LogP contribution in [-0.2, 0) is 0 Å². The quantitative estimate of drug-likeness (QED) is 0.687. The molecular weight excluding hydrogens is 176 g/mol. The molecule has 0 aromatic carbocycles. The Labute approximate surface area is 83.8 Å². The predicted octanol–water partition coefficient (Wildman–Crippen LogP) is 3.08. The zero-order valence-corrected chi connectivity index (χ0v) is 8.74. The standard InChI is InChI=1S/C11H14N2O/c1-5-8(4)10-12-13-11(14-10)9(6-2)7-3/h5-7H,2H2,1,3-4H3/b8-5+,9-7+. The first-order valence-corrected chi connectivity index (χ1v) is 4.48. The van der Waals surface area contributed by atoms with Crippen LogP contribution in [0, 0.1) is 0 Å². The van der Waals surface area contributed by atoms with Gasteiger partial charge >= 0.3 is 0 Å². The van der Waals surface area contributed by atoms with Crippen molar-refractivity contribution in [3.63, 3.8) is 0 Å². The molecule has 0 aliphatic rings. The monoisotopic (exact) mass is 190 g/mol. The van der Waals surface area contributed by atoms with Crippen molar-refractivity contribution in [3.05, 3.63) is 36.6 Å². The fraction of sp³-hybridized carbons (Fsp3) is 0.273. The Balaban J connectivity index is 3.05.